The fourth-order valence-corrected chi connectivity index (χ4v) is 4.84. The highest BCUT2D eigenvalue weighted by atomic mass is 35.5. The minimum Gasteiger partial charge on any atom is -0.484 e. The number of nitrogens with zero attached hydrogens (tertiary/aromatic N) is 1. The Kier molecular flexibility index (Phi) is 5.81. The number of anilines is 1. The van der Waals surface area contributed by atoms with Crippen LogP contribution in [0.3, 0.4) is 0 Å². The number of halogens is 2. The number of furan rings is 1. The van der Waals surface area contributed by atoms with E-state index in [0.717, 1.165) is 31.2 Å². The van der Waals surface area contributed by atoms with Crippen LogP contribution in [0.25, 0.3) is 0 Å². The van der Waals surface area contributed by atoms with Crippen molar-refractivity contribution >= 4 is 45.4 Å². The van der Waals surface area contributed by atoms with Crippen LogP contribution < -0.4 is 10.1 Å². The number of hydrogen-bond acceptors (Lipinski definition) is 5. The molecule has 0 saturated heterocycles. The van der Waals surface area contributed by atoms with E-state index in [2.05, 4.69) is 11.4 Å². The minimum atomic E-state index is -0.396. The molecule has 0 saturated carbocycles. The van der Waals surface area contributed by atoms with Crippen molar-refractivity contribution in [3.05, 3.63) is 67.9 Å². The highest BCUT2D eigenvalue weighted by molar-refractivity contribution is 7.16. The molecule has 1 amide bonds. The van der Waals surface area contributed by atoms with Gasteiger partial charge in [0.25, 0.3) is 5.91 Å². The van der Waals surface area contributed by atoms with Crippen molar-refractivity contribution in [3.63, 3.8) is 0 Å². The van der Waals surface area contributed by atoms with Gasteiger partial charge in [-0.2, -0.15) is 5.26 Å². The van der Waals surface area contributed by atoms with Crippen molar-refractivity contribution in [1.82, 2.24) is 0 Å². The van der Waals surface area contributed by atoms with E-state index in [1.807, 2.05) is 0 Å². The zero-order chi connectivity index (χ0) is 20.4. The van der Waals surface area contributed by atoms with Gasteiger partial charge in [-0.1, -0.05) is 29.3 Å². The van der Waals surface area contributed by atoms with Crippen LogP contribution >= 0.6 is 34.5 Å². The summed E-state index contributed by atoms with van der Waals surface area (Å²) in [6, 6.07) is 10.6. The maximum atomic E-state index is 12.6. The molecule has 8 heteroatoms. The fourth-order valence-electron chi connectivity index (χ4n) is 3.26. The van der Waals surface area contributed by atoms with Crippen LogP contribution in [-0.4, -0.2) is 5.91 Å². The summed E-state index contributed by atoms with van der Waals surface area (Å²) in [5.41, 5.74) is 1.65. The molecule has 0 radical (unpaired) electrons. The van der Waals surface area contributed by atoms with Crippen molar-refractivity contribution in [2.45, 2.75) is 32.3 Å². The summed E-state index contributed by atoms with van der Waals surface area (Å²) in [4.78, 5) is 13.8. The largest absolute Gasteiger partial charge is 0.484 e. The van der Waals surface area contributed by atoms with E-state index in [4.69, 9.17) is 32.4 Å². The van der Waals surface area contributed by atoms with Gasteiger partial charge in [-0.15, -0.1) is 11.3 Å². The minimum absolute atomic E-state index is 0.101. The molecule has 3 aromatic rings. The van der Waals surface area contributed by atoms with Crippen molar-refractivity contribution in [1.29, 1.82) is 5.26 Å². The molecule has 1 N–H and O–H groups in total. The van der Waals surface area contributed by atoms with Crippen LogP contribution in [0.4, 0.5) is 5.00 Å². The van der Waals surface area contributed by atoms with Crippen molar-refractivity contribution in [2.75, 3.05) is 5.32 Å². The Balaban J connectivity index is 1.45. The number of nitriles is 1. The molecule has 0 spiro atoms. The van der Waals surface area contributed by atoms with Crippen molar-refractivity contribution < 1.29 is 13.9 Å². The number of fused-ring (bicyclic) bond motifs is 1. The molecule has 1 aromatic carbocycles. The summed E-state index contributed by atoms with van der Waals surface area (Å²) in [6.45, 7) is 0.101. The fraction of sp³-hybridized carbons (Fsp3) is 0.238. The molecule has 4 rings (SSSR count). The van der Waals surface area contributed by atoms with Crippen LogP contribution in [0.5, 0.6) is 5.75 Å². The zero-order valence-corrected chi connectivity index (χ0v) is 17.6. The van der Waals surface area contributed by atoms with Crippen LogP contribution in [0.2, 0.25) is 10.0 Å². The van der Waals surface area contributed by atoms with E-state index in [9.17, 15) is 10.1 Å². The molecule has 148 valence electrons. The van der Waals surface area contributed by atoms with Gasteiger partial charge in [0.2, 0.25) is 0 Å². The quantitative estimate of drug-likeness (QED) is 0.503. The van der Waals surface area contributed by atoms with E-state index >= 15 is 0 Å². The maximum Gasteiger partial charge on any atom is 0.292 e. The van der Waals surface area contributed by atoms with E-state index in [1.165, 1.54) is 16.2 Å². The van der Waals surface area contributed by atoms with Crippen LogP contribution in [0.1, 0.15) is 45.2 Å². The van der Waals surface area contributed by atoms with E-state index in [1.54, 1.807) is 30.3 Å². The summed E-state index contributed by atoms with van der Waals surface area (Å²) >= 11 is 13.5. The van der Waals surface area contributed by atoms with Gasteiger partial charge in [-0.05, 0) is 55.5 Å². The lowest BCUT2D eigenvalue weighted by atomic mass is 9.96. The summed E-state index contributed by atoms with van der Waals surface area (Å²) in [5.74, 6) is 0.657. The normalized spacial score (nSPS) is 12.9. The second-order valence-electron chi connectivity index (χ2n) is 6.59. The molecule has 2 heterocycles. The molecule has 0 fully saturated rings. The van der Waals surface area contributed by atoms with Gasteiger partial charge in [-0.3, -0.25) is 4.79 Å². The third kappa shape index (κ3) is 4.13. The van der Waals surface area contributed by atoms with E-state index in [0.29, 0.717) is 32.1 Å². The summed E-state index contributed by atoms with van der Waals surface area (Å²) in [7, 11) is 0. The number of rotatable bonds is 5. The van der Waals surface area contributed by atoms with Gasteiger partial charge in [0.05, 0.1) is 10.6 Å². The standard InChI is InChI=1S/C21H16Cl2N2O3S/c22-15-5-3-6-16(19(15)23)27-11-12-8-9-17(28-12)20(26)25-21-14(10-24)13-4-1-2-7-18(13)29-21/h3,5-6,8-9H,1-2,4,7,11H2,(H,25,26). The maximum absolute atomic E-state index is 12.6. The lowest BCUT2D eigenvalue weighted by Gasteiger charge is -2.09. The number of nitrogens with one attached hydrogen (secondary N) is 1. The first-order valence-corrected chi connectivity index (χ1v) is 10.7. The third-order valence-electron chi connectivity index (χ3n) is 4.68. The summed E-state index contributed by atoms with van der Waals surface area (Å²) in [5, 5.41) is 13.6. The zero-order valence-electron chi connectivity index (χ0n) is 15.3. The lowest BCUT2D eigenvalue weighted by molar-refractivity contribution is 0.0993. The molecular weight excluding hydrogens is 431 g/mol. The first-order chi connectivity index (χ1) is 14.1. The first-order valence-electron chi connectivity index (χ1n) is 9.08. The molecule has 0 unspecified atom stereocenters. The highest BCUT2D eigenvalue weighted by Gasteiger charge is 2.23. The van der Waals surface area contributed by atoms with Crippen molar-refractivity contribution in [3.8, 4) is 11.8 Å². The van der Waals surface area contributed by atoms with Gasteiger partial charge >= 0.3 is 0 Å². The number of aryl methyl sites for hydroxylation is 1. The summed E-state index contributed by atoms with van der Waals surface area (Å²) in [6.07, 6.45) is 4.03. The highest BCUT2D eigenvalue weighted by Crippen LogP contribution is 2.38. The average molecular weight is 447 g/mol. The average Bonchev–Trinajstić information content (AvgIpc) is 3.33. The van der Waals surface area contributed by atoms with Crippen LogP contribution in [0, 0.1) is 11.3 Å². The Morgan fingerprint density at radius 2 is 2.07 bits per heavy atom. The smallest absolute Gasteiger partial charge is 0.292 e. The number of ether oxygens (including phenoxy) is 1. The first kappa shape index (κ1) is 19.8. The molecule has 29 heavy (non-hydrogen) atoms. The van der Waals surface area contributed by atoms with E-state index in [-0.39, 0.29) is 12.4 Å². The van der Waals surface area contributed by atoms with Gasteiger partial charge < -0.3 is 14.5 Å². The molecule has 5 nitrogen and oxygen atoms in total. The van der Waals surface area contributed by atoms with E-state index < -0.39 is 5.91 Å². The second-order valence-corrected chi connectivity index (χ2v) is 8.48. The molecule has 1 aliphatic carbocycles. The number of benzene rings is 1. The van der Waals surface area contributed by atoms with Crippen LogP contribution in [-0.2, 0) is 19.4 Å². The number of hydrogen-bond donors (Lipinski definition) is 1. The Bertz CT molecular complexity index is 1110. The van der Waals surface area contributed by atoms with Crippen LogP contribution in [0.15, 0.2) is 34.7 Å². The molecule has 0 atom stereocenters. The Labute approximate surface area is 181 Å². The van der Waals surface area contributed by atoms with Crippen molar-refractivity contribution in [2.24, 2.45) is 0 Å². The molecule has 2 aromatic heterocycles. The van der Waals surface area contributed by atoms with Gasteiger partial charge in [-0.25, -0.2) is 0 Å². The predicted octanol–water partition coefficient (Wildman–Crippen LogP) is 6.23. The second kappa shape index (κ2) is 8.50. The summed E-state index contributed by atoms with van der Waals surface area (Å²) < 4.78 is 11.2. The lowest BCUT2D eigenvalue weighted by Crippen LogP contribution is -2.11. The SMILES string of the molecule is N#Cc1c(NC(=O)c2ccc(COc3cccc(Cl)c3Cl)o2)sc2c1CCCC2. The van der Waals surface area contributed by atoms with Gasteiger partial charge in [0, 0.05) is 4.88 Å². The number of carbonyl (C=O) groups excluding carboxylic acids is 1. The molecule has 0 aliphatic heterocycles. The number of thiophene rings is 1. The van der Waals surface area contributed by atoms with Gasteiger partial charge in [0.15, 0.2) is 5.76 Å². The Morgan fingerprint density at radius 1 is 1.24 bits per heavy atom. The monoisotopic (exact) mass is 446 g/mol. The number of carbonyl (C=O) groups is 1. The third-order valence-corrected chi connectivity index (χ3v) is 6.69. The topological polar surface area (TPSA) is 75.3 Å². The molecular formula is C21H16Cl2N2O3S. The Morgan fingerprint density at radius 3 is 2.90 bits per heavy atom. The van der Waals surface area contributed by atoms with Gasteiger partial charge in [0.1, 0.15) is 34.2 Å². The number of amides is 1. The molecule has 1 aliphatic rings. The Hall–Kier alpha value is -2.46. The predicted molar refractivity (Wildman–Crippen MR) is 113 cm³/mol. The molecule has 0 bridgehead atoms.